The first-order chi connectivity index (χ1) is 8.11. The average Bonchev–Trinajstić information content (AvgIpc) is 2.33. The smallest absolute Gasteiger partial charge is 0.0442 e. The maximum Gasteiger partial charge on any atom is 0.0442 e. The highest BCUT2D eigenvalue weighted by Crippen LogP contribution is 2.36. The summed E-state index contributed by atoms with van der Waals surface area (Å²) in [6, 6.07) is 8.04. The van der Waals surface area contributed by atoms with Crippen LogP contribution in [0.25, 0.3) is 5.57 Å². The molecule has 1 aromatic carbocycles. The number of hydrogen-bond acceptors (Lipinski definition) is 0. The van der Waals surface area contributed by atoms with E-state index in [1.54, 1.807) is 0 Å². The molecule has 1 aliphatic carbocycles. The summed E-state index contributed by atoms with van der Waals surface area (Å²) in [5, 5.41) is 0.779. The maximum absolute atomic E-state index is 6.06. The van der Waals surface area contributed by atoms with Crippen molar-refractivity contribution in [3.63, 3.8) is 0 Å². The lowest BCUT2D eigenvalue weighted by Crippen LogP contribution is -2.03. The van der Waals surface area contributed by atoms with Gasteiger partial charge in [-0.3, -0.25) is 0 Å². The first kappa shape index (κ1) is 12.7. The van der Waals surface area contributed by atoms with Gasteiger partial charge in [-0.2, -0.15) is 0 Å². The molecule has 17 heavy (non-hydrogen) atoms. The van der Waals surface area contributed by atoms with Crippen LogP contribution in [-0.4, -0.2) is 5.88 Å². The van der Waals surface area contributed by atoms with Crippen LogP contribution < -0.4 is 0 Å². The molecule has 0 bridgehead atoms. The molecule has 0 N–H and O–H groups in total. The van der Waals surface area contributed by atoms with Crippen LogP contribution in [0.4, 0.5) is 0 Å². The molecular weight excluding hydrogens is 251 g/mol. The Morgan fingerprint density at radius 1 is 1.00 bits per heavy atom. The summed E-state index contributed by atoms with van der Waals surface area (Å²) in [4.78, 5) is 0. The van der Waals surface area contributed by atoms with Crippen LogP contribution in [0.2, 0.25) is 5.02 Å². The van der Waals surface area contributed by atoms with E-state index in [-0.39, 0.29) is 0 Å². The van der Waals surface area contributed by atoms with E-state index in [0.717, 1.165) is 17.9 Å². The van der Waals surface area contributed by atoms with Gasteiger partial charge in [0.15, 0.2) is 0 Å². The second kappa shape index (κ2) is 5.29. The van der Waals surface area contributed by atoms with Gasteiger partial charge in [-0.05, 0) is 55.5 Å². The Hall–Kier alpha value is -0.720. The predicted octanol–water partition coefficient (Wildman–Crippen LogP) is 5.46. The molecule has 2 rings (SSSR count). The van der Waals surface area contributed by atoms with Gasteiger partial charge in [0, 0.05) is 10.9 Å². The van der Waals surface area contributed by atoms with Gasteiger partial charge in [0.05, 0.1) is 0 Å². The van der Waals surface area contributed by atoms with Crippen LogP contribution in [0.1, 0.15) is 32.3 Å². The number of allylic oxidation sites excluding steroid dienone is 4. The van der Waals surface area contributed by atoms with Crippen LogP contribution in [0.15, 0.2) is 41.0 Å². The third kappa shape index (κ3) is 2.75. The normalized spacial score (nSPS) is 16.7. The largest absolute Gasteiger partial charge is 0.122 e. The zero-order valence-corrected chi connectivity index (χ0v) is 11.7. The topological polar surface area (TPSA) is 0 Å². The number of halogens is 2. The number of rotatable bonds is 2. The number of benzene rings is 1. The van der Waals surface area contributed by atoms with Crippen LogP contribution in [-0.2, 0) is 0 Å². The van der Waals surface area contributed by atoms with Crippen LogP contribution in [0.3, 0.4) is 0 Å². The van der Waals surface area contributed by atoms with Crippen LogP contribution in [0, 0.1) is 0 Å². The van der Waals surface area contributed by atoms with Crippen molar-refractivity contribution < 1.29 is 0 Å². The Kier molecular flexibility index (Phi) is 3.96. The molecule has 0 heterocycles. The lowest BCUT2D eigenvalue weighted by molar-refractivity contribution is 0.988. The highest BCUT2D eigenvalue weighted by atomic mass is 35.5. The first-order valence-corrected chi connectivity index (χ1v) is 6.71. The molecule has 0 spiro atoms. The van der Waals surface area contributed by atoms with Gasteiger partial charge in [-0.1, -0.05) is 34.9 Å². The quantitative estimate of drug-likeness (QED) is 0.493. The monoisotopic (exact) mass is 266 g/mol. The van der Waals surface area contributed by atoms with E-state index in [9.17, 15) is 0 Å². The maximum atomic E-state index is 6.06. The summed E-state index contributed by atoms with van der Waals surface area (Å²) in [5.74, 6) is 0.614. The molecule has 0 saturated carbocycles. The summed E-state index contributed by atoms with van der Waals surface area (Å²) in [5.41, 5.74) is 6.89. The third-order valence-electron chi connectivity index (χ3n) is 3.43. The fourth-order valence-corrected chi connectivity index (χ4v) is 2.59. The van der Waals surface area contributed by atoms with Crippen molar-refractivity contribution >= 4 is 28.8 Å². The summed E-state index contributed by atoms with van der Waals surface area (Å²) in [6.07, 6.45) is 2.02. The second-order valence-corrected chi connectivity index (χ2v) is 5.34. The van der Waals surface area contributed by atoms with Crippen molar-refractivity contribution in [2.24, 2.45) is 0 Å². The molecule has 0 fully saturated rings. The molecule has 0 radical (unpaired) electrons. The van der Waals surface area contributed by atoms with E-state index in [0.29, 0.717) is 5.88 Å². The van der Waals surface area contributed by atoms with Gasteiger partial charge in [-0.25, -0.2) is 0 Å². The lowest BCUT2D eigenvalue weighted by Gasteiger charge is -2.22. The van der Waals surface area contributed by atoms with E-state index in [4.69, 9.17) is 23.2 Å². The first-order valence-electron chi connectivity index (χ1n) is 5.80. The van der Waals surface area contributed by atoms with Crippen molar-refractivity contribution in [2.75, 3.05) is 5.88 Å². The molecule has 0 aliphatic heterocycles. The molecule has 0 atom stereocenters. The third-order valence-corrected chi connectivity index (χ3v) is 4.00. The Morgan fingerprint density at radius 3 is 2.18 bits per heavy atom. The summed E-state index contributed by atoms with van der Waals surface area (Å²) >= 11 is 12.0. The number of alkyl halides is 1. The van der Waals surface area contributed by atoms with Gasteiger partial charge in [0.1, 0.15) is 0 Å². The van der Waals surface area contributed by atoms with Crippen molar-refractivity contribution in [1.82, 2.24) is 0 Å². The Labute approximate surface area is 113 Å². The minimum absolute atomic E-state index is 0.614. The Bertz CT molecular complexity index is 478. The zero-order valence-electron chi connectivity index (χ0n) is 10.2. The van der Waals surface area contributed by atoms with Crippen molar-refractivity contribution in [1.29, 1.82) is 0 Å². The fourth-order valence-electron chi connectivity index (χ4n) is 2.20. The Balaban J connectivity index is 2.39. The minimum Gasteiger partial charge on any atom is -0.122 e. The fraction of sp³-hybridized carbons (Fsp3) is 0.333. The van der Waals surface area contributed by atoms with E-state index in [2.05, 4.69) is 26.0 Å². The van der Waals surface area contributed by atoms with Crippen LogP contribution >= 0.6 is 23.2 Å². The van der Waals surface area contributed by atoms with E-state index in [1.807, 2.05) is 12.1 Å². The average molecular weight is 267 g/mol. The van der Waals surface area contributed by atoms with Crippen molar-refractivity contribution in [3.05, 3.63) is 51.6 Å². The summed E-state index contributed by atoms with van der Waals surface area (Å²) in [6.45, 7) is 4.40. The zero-order chi connectivity index (χ0) is 12.4. The van der Waals surface area contributed by atoms with Crippen molar-refractivity contribution in [3.8, 4) is 0 Å². The predicted molar refractivity (Wildman–Crippen MR) is 76.7 cm³/mol. The molecule has 1 aliphatic rings. The van der Waals surface area contributed by atoms with E-state index >= 15 is 0 Å². The minimum atomic E-state index is 0.614. The molecular formula is C15H16Cl2. The van der Waals surface area contributed by atoms with Gasteiger partial charge in [-0.15, -0.1) is 11.6 Å². The SMILES string of the molecule is CC1=C(C)CC(c2ccc(Cl)cc2)=C(CCl)C1. The molecule has 0 unspecified atom stereocenters. The van der Waals surface area contributed by atoms with Gasteiger partial charge < -0.3 is 0 Å². The second-order valence-electron chi connectivity index (χ2n) is 4.64. The van der Waals surface area contributed by atoms with Gasteiger partial charge >= 0.3 is 0 Å². The molecule has 2 heteroatoms. The molecule has 0 aromatic heterocycles. The summed E-state index contributed by atoms with van der Waals surface area (Å²) < 4.78 is 0. The van der Waals surface area contributed by atoms with Gasteiger partial charge in [0.25, 0.3) is 0 Å². The standard InChI is InChI=1S/C15H16Cl2/c1-10-7-13(9-16)15(8-11(10)2)12-3-5-14(17)6-4-12/h3-6H,7-9H2,1-2H3. The highest BCUT2D eigenvalue weighted by molar-refractivity contribution is 6.30. The lowest BCUT2D eigenvalue weighted by atomic mass is 9.85. The molecule has 0 saturated heterocycles. The van der Waals surface area contributed by atoms with E-state index in [1.165, 1.54) is 27.9 Å². The van der Waals surface area contributed by atoms with E-state index < -0.39 is 0 Å². The summed E-state index contributed by atoms with van der Waals surface area (Å²) in [7, 11) is 0. The van der Waals surface area contributed by atoms with Crippen molar-refractivity contribution in [2.45, 2.75) is 26.7 Å². The van der Waals surface area contributed by atoms with Crippen LogP contribution in [0.5, 0.6) is 0 Å². The molecule has 0 amide bonds. The Morgan fingerprint density at radius 2 is 1.59 bits per heavy atom. The number of hydrogen-bond donors (Lipinski definition) is 0. The molecule has 0 nitrogen and oxygen atoms in total. The van der Waals surface area contributed by atoms with Gasteiger partial charge in [0.2, 0.25) is 0 Å². The molecule has 90 valence electrons. The highest BCUT2D eigenvalue weighted by Gasteiger charge is 2.16. The molecule has 1 aromatic rings.